The first-order valence-electron chi connectivity index (χ1n) is 12.7. The summed E-state index contributed by atoms with van der Waals surface area (Å²) >= 11 is 2.39. The predicted octanol–water partition coefficient (Wildman–Crippen LogP) is 7.24. The van der Waals surface area contributed by atoms with Gasteiger partial charge < -0.3 is 0 Å². The monoisotopic (exact) mass is 680 g/mol. The number of hydrogen-bond acceptors (Lipinski definition) is 3. The molecule has 3 heterocycles. The number of fused-ring (bicyclic) bond motifs is 3. The normalized spacial score (nSPS) is 12.0. The molecule has 0 saturated heterocycles. The van der Waals surface area contributed by atoms with Crippen molar-refractivity contribution >= 4 is 25.8 Å². The summed E-state index contributed by atoms with van der Waals surface area (Å²) in [6.45, 7) is 10.8. The molecule has 0 aliphatic carbocycles. The molecule has 0 bridgehead atoms. The van der Waals surface area contributed by atoms with Gasteiger partial charge in [0, 0.05) is 0 Å². The molecule has 0 unspecified atom stereocenters. The van der Waals surface area contributed by atoms with E-state index < -0.39 is 0 Å². The van der Waals surface area contributed by atoms with Gasteiger partial charge in [-0.05, 0) is 0 Å². The first-order valence-corrected chi connectivity index (χ1v) is 13.8. The van der Waals surface area contributed by atoms with Crippen LogP contribution in [-0.4, -0.2) is 19.3 Å². The third kappa shape index (κ3) is 4.25. The molecule has 3 aromatic carbocycles. The average Bonchev–Trinajstić information content (AvgIpc) is 3.42. The van der Waals surface area contributed by atoms with E-state index in [2.05, 4.69) is 112 Å². The van der Waals surface area contributed by atoms with Crippen molar-refractivity contribution in [2.24, 2.45) is 0 Å². The minimum atomic E-state index is 0.0223. The van der Waals surface area contributed by atoms with Crippen LogP contribution in [0.25, 0.3) is 33.3 Å². The van der Waals surface area contributed by atoms with Crippen molar-refractivity contribution in [3.8, 4) is 23.0 Å². The molecule has 193 valence electrons. The zero-order valence-corrected chi connectivity index (χ0v) is 24.4. The van der Waals surface area contributed by atoms with Crippen molar-refractivity contribution in [3.63, 3.8) is 0 Å². The van der Waals surface area contributed by atoms with Gasteiger partial charge in [-0.25, -0.2) is 0 Å². The Hall–Kier alpha value is -3.69. The molecular weight excluding hydrogens is 651 g/mol. The summed E-state index contributed by atoms with van der Waals surface area (Å²) in [4.78, 5) is 4.82. The van der Waals surface area contributed by atoms with Gasteiger partial charge in [0.1, 0.15) is 0 Å². The Morgan fingerprint density at radius 1 is 0.842 bits per heavy atom. The zero-order chi connectivity index (χ0) is 26.6. The Labute approximate surface area is 234 Å². The van der Waals surface area contributed by atoms with Gasteiger partial charge in [0.2, 0.25) is 0 Å². The number of aryl methyl sites for hydroxylation is 2. The SMILES string of the molecule is Cc1cc(C)n(-c2cccc(Oc3ccc4c5ccccc5n(-c5cc(C(C)(C)C)ccn5)c4[c]3[Pt])c2)n1. The molecule has 0 aliphatic heterocycles. The van der Waals surface area contributed by atoms with Gasteiger partial charge in [-0.1, -0.05) is 0 Å². The van der Waals surface area contributed by atoms with E-state index in [-0.39, 0.29) is 5.41 Å². The van der Waals surface area contributed by atoms with Crippen molar-refractivity contribution in [1.82, 2.24) is 19.3 Å². The maximum absolute atomic E-state index is 6.51. The second-order valence-electron chi connectivity index (χ2n) is 10.7. The van der Waals surface area contributed by atoms with Crippen molar-refractivity contribution in [2.75, 3.05) is 0 Å². The van der Waals surface area contributed by atoms with Crippen LogP contribution in [0.3, 0.4) is 0 Å². The van der Waals surface area contributed by atoms with Gasteiger partial charge in [0.25, 0.3) is 0 Å². The summed E-state index contributed by atoms with van der Waals surface area (Å²) in [7, 11) is 0. The Morgan fingerprint density at radius 3 is 2.42 bits per heavy atom. The number of hydrogen-bond donors (Lipinski definition) is 0. The number of para-hydroxylation sites is 1. The summed E-state index contributed by atoms with van der Waals surface area (Å²) in [5.41, 5.74) is 6.55. The average molecular weight is 681 g/mol. The fraction of sp³-hybridized carbons (Fsp3) is 0.188. The third-order valence-electron chi connectivity index (χ3n) is 6.85. The van der Waals surface area contributed by atoms with Gasteiger partial charge >= 0.3 is 235 Å². The van der Waals surface area contributed by atoms with Crippen molar-refractivity contribution in [1.29, 1.82) is 0 Å². The number of benzene rings is 3. The summed E-state index contributed by atoms with van der Waals surface area (Å²) in [5, 5.41) is 7.00. The van der Waals surface area contributed by atoms with Gasteiger partial charge in [0.05, 0.1) is 0 Å². The molecule has 0 saturated carbocycles. The fourth-order valence-electron chi connectivity index (χ4n) is 5.00. The van der Waals surface area contributed by atoms with Crippen LogP contribution in [0.15, 0.2) is 85.1 Å². The molecule has 0 fully saturated rings. The number of aromatic nitrogens is 4. The molecule has 5 nitrogen and oxygen atoms in total. The number of ether oxygens (including phenoxy) is 1. The van der Waals surface area contributed by atoms with Crippen LogP contribution in [0.4, 0.5) is 0 Å². The maximum atomic E-state index is 6.51. The van der Waals surface area contributed by atoms with E-state index in [1.54, 1.807) is 0 Å². The van der Waals surface area contributed by atoms with Gasteiger partial charge in [-0.2, -0.15) is 0 Å². The Morgan fingerprint density at radius 2 is 1.66 bits per heavy atom. The molecular formula is C32H29N4OPt. The minimum absolute atomic E-state index is 0.0223. The Balaban J connectivity index is 1.51. The van der Waals surface area contributed by atoms with Crippen LogP contribution in [0.2, 0.25) is 0 Å². The fourth-order valence-corrected chi connectivity index (χ4v) is 5.86. The van der Waals surface area contributed by atoms with E-state index in [4.69, 9.17) is 9.72 Å². The molecule has 0 atom stereocenters. The Bertz CT molecular complexity index is 1820. The summed E-state index contributed by atoms with van der Waals surface area (Å²) < 4.78 is 11.8. The molecule has 0 amide bonds. The van der Waals surface area contributed by atoms with Crippen LogP contribution in [-0.2, 0) is 25.2 Å². The molecule has 3 aromatic heterocycles. The van der Waals surface area contributed by atoms with Gasteiger partial charge in [0.15, 0.2) is 0 Å². The molecule has 0 spiro atoms. The topological polar surface area (TPSA) is 44.9 Å². The van der Waals surface area contributed by atoms with Crippen molar-refractivity contribution in [3.05, 3.63) is 102 Å². The molecule has 0 aliphatic rings. The first kappa shape index (κ1) is 24.6. The Kier molecular flexibility index (Phi) is 6.00. The van der Waals surface area contributed by atoms with Crippen LogP contribution in [0.5, 0.6) is 11.5 Å². The van der Waals surface area contributed by atoms with Crippen molar-refractivity contribution < 1.29 is 24.6 Å². The zero-order valence-electron chi connectivity index (χ0n) is 22.1. The van der Waals surface area contributed by atoms with E-state index in [1.807, 2.05) is 42.1 Å². The molecule has 6 heteroatoms. The third-order valence-corrected chi connectivity index (χ3v) is 7.95. The molecule has 0 radical (unpaired) electrons. The standard InChI is InChI=1S/C32H29N4O.Pt/c1-21-17-22(2)36(34-21)24-9-8-10-25(19-24)37-26-13-14-28-27-11-6-7-12-29(27)35(30(28)20-26)31-18-23(15-16-33-31)32(3,4)5;/h6-19H,1-5H3;. The second kappa shape index (κ2) is 9.25. The quantitative estimate of drug-likeness (QED) is 0.197. The second-order valence-corrected chi connectivity index (χ2v) is 11.8. The molecule has 6 aromatic rings. The van der Waals surface area contributed by atoms with Gasteiger partial charge in [-0.15, -0.1) is 0 Å². The van der Waals surface area contributed by atoms with E-state index in [0.29, 0.717) is 0 Å². The first-order chi connectivity index (χ1) is 18.2. The summed E-state index contributed by atoms with van der Waals surface area (Å²) in [6.07, 6.45) is 1.91. The van der Waals surface area contributed by atoms with Crippen LogP contribution >= 0.6 is 0 Å². The predicted molar refractivity (Wildman–Crippen MR) is 150 cm³/mol. The van der Waals surface area contributed by atoms with Gasteiger partial charge in [-0.3, -0.25) is 0 Å². The molecule has 38 heavy (non-hydrogen) atoms. The number of nitrogens with zero attached hydrogens (tertiary/aromatic N) is 4. The van der Waals surface area contributed by atoms with E-state index in [1.165, 1.54) is 16.3 Å². The van der Waals surface area contributed by atoms with E-state index in [0.717, 1.165) is 49.4 Å². The summed E-state index contributed by atoms with van der Waals surface area (Å²) in [6, 6.07) is 27.2. The van der Waals surface area contributed by atoms with Crippen LogP contribution < -0.4 is 8.69 Å². The van der Waals surface area contributed by atoms with Crippen LogP contribution in [0, 0.1) is 13.8 Å². The number of pyridine rings is 1. The van der Waals surface area contributed by atoms with E-state index >= 15 is 0 Å². The van der Waals surface area contributed by atoms with Crippen LogP contribution in [0.1, 0.15) is 37.7 Å². The van der Waals surface area contributed by atoms with E-state index in [9.17, 15) is 0 Å². The van der Waals surface area contributed by atoms with Crippen molar-refractivity contribution in [2.45, 2.75) is 40.0 Å². The molecule has 6 rings (SSSR count). The molecule has 0 N–H and O–H groups in total. The summed E-state index contributed by atoms with van der Waals surface area (Å²) in [5.74, 6) is 2.48. The number of rotatable bonds is 4.